The summed E-state index contributed by atoms with van der Waals surface area (Å²) in [6.07, 6.45) is 0. The van der Waals surface area contributed by atoms with Crippen LogP contribution in [0.4, 0.5) is 0 Å². The highest BCUT2D eigenvalue weighted by atomic mass is 32.2. The van der Waals surface area contributed by atoms with Gasteiger partial charge in [0.05, 0.1) is 5.75 Å². The van der Waals surface area contributed by atoms with Crippen LogP contribution in [0.15, 0.2) is 0 Å². The van der Waals surface area contributed by atoms with Gasteiger partial charge in [0, 0.05) is 13.1 Å². The smallest absolute Gasteiger partial charge is 0.372 e. The van der Waals surface area contributed by atoms with Crippen molar-refractivity contribution in [3.63, 3.8) is 0 Å². The lowest BCUT2D eigenvalue weighted by Gasteiger charge is -2.26. The molecule has 0 aromatic rings. The van der Waals surface area contributed by atoms with E-state index < -0.39 is 22.2 Å². The molecule has 1 rings (SSSR count). The molecule has 0 saturated carbocycles. The first-order valence-electron chi connectivity index (χ1n) is 5.09. The molecule has 1 fully saturated rings. The lowest BCUT2D eigenvalue weighted by Crippen LogP contribution is -3.18. The number of rotatable bonds is 5. The van der Waals surface area contributed by atoms with Crippen molar-refractivity contribution < 1.29 is 22.6 Å². The van der Waals surface area contributed by atoms with Gasteiger partial charge in [-0.1, -0.05) is 25.6 Å². The topological polar surface area (TPSA) is 82.0 Å². The van der Waals surface area contributed by atoms with Gasteiger partial charge in [0.25, 0.3) is 0 Å². The summed E-state index contributed by atoms with van der Waals surface area (Å²) in [4.78, 5) is 10.8. The van der Waals surface area contributed by atoms with Crippen molar-refractivity contribution in [2.45, 2.75) is 19.9 Å². The van der Waals surface area contributed by atoms with Crippen LogP contribution in [0, 0.1) is 0 Å². The molecule has 8 heteroatoms. The number of hydrogen-bond donors (Lipinski definition) is 1. The minimum atomic E-state index is -3.59. The number of nitrogens with zero attached hydrogens (tertiary/aromatic N) is 1. The molecular weight excluding hydrogens is 252 g/mol. The van der Waals surface area contributed by atoms with Gasteiger partial charge in [-0.15, -0.1) is 0 Å². The zero-order chi connectivity index (χ0) is 12.3. The number of carboxylic acids is 1. The summed E-state index contributed by atoms with van der Waals surface area (Å²) in [6.45, 7) is 4.18. The number of aliphatic carboxylic acids is 1. The van der Waals surface area contributed by atoms with E-state index in [0.717, 1.165) is 0 Å². The maximum Gasteiger partial charge on any atom is 0.372 e. The molecule has 0 aliphatic carbocycles. The molecular formula is C8H16N2O4S2. The van der Waals surface area contributed by atoms with E-state index in [1.165, 1.54) is 16.1 Å². The Hall–Kier alpha value is -0.310. The molecule has 6 nitrogen and oxygen atoms in total. The first kappa shape index (κ1) is 13.8. The summed E-state index contributed by atoms with van der Waals surface area (Å²) in [5.74, 6) is -0.744. The molecule has 0 bridgehead atoms. The summed E-state index contributed by atoms with van der Waals surface area (Å²) in [5.41, 5.74) is 0. The van der Waals surface area contributed by atoms with Crippen LogP contribution in [-0.4, -0.2) is 49.5 Å². The fraction of sp³-hybridized carbons (Fsp3) is 0.875. The van der Waals surface area contributed by atoms with Gasteiger partial charge >= 0.3 is 10.2 Å². The molecule has 0 amide bonds. The van der Waals surface area contributed by atoms with E-state index in [1.807, 2.05) is 0 Å². The fourth-order valence-corrected chi connectivity index (χ4v) is 5.25. The zero-order valence-corrected chi connectivity index (χ0v) is 10.9. The second-order valence-corrected chi connectivity index (χ2v) is 6.46. The van der Waals surface area contributed by atoms with Crippen LogP contribution in [0.25, 0.3) is 0 Å². The first-order chi connectivity index (χ1) is 7.45. The standard InChI is InChI=1S/C8H16N2O4S2/c1-3-9(4-2)16(13,14)10-6-15-5-7(10)8(11)12/h7H,3-6H2,1-2H3,(H,11,12)/t7-/m0/s1. The molecule has 16 heavy (non-hydrogen) atoms. The van der Waals surface area contributed by atoms with Gasteiger partial charge in [-0.2, -0.15) is 17.0 Å². The van der Waals surface area contributed by atoms with Crippen molar-refractivity contribution in [1.82, 2.24) is 4.31 Å². The van der Waals surface area contributed by atoms with Crippen LogP contribution in [-0.2, 0) is 15.0 Å². The summed E-state index contributed by atoms with van der Waals surface area (Å²) >= 11 is 1.32. The van der Waals surface area contributed by atoms with Crippen molar-refractivity contribution in [3.8, 4) is 0 Å². The second-order valence-electron chi connectivity index (χ2n) is 3.44. The van der Waals surface area contributed by atoms with Crippen LogP contribution in [0.2, 0.25) is 0 Å². The van der Waals surface area contributed by atoms with Gasteiger partial charge in [0.15, 0.2) is 6.04 Å². The maximum absolute atomic E-state index is 12.1. The average molecular weight is 268 g/mol. The summed E-state index contributed by atoms with van der Waals surface area (Å²) in [5, 5.41) is 10.8. The van der Waals surface area contributed by atoms with E-state index in [2.05, 4.69) is 0 Å². The van der Waals surface area contributed by atoms with E-state index in [1.54, 1.807) is 13.8 Å². The monoisotopic (exact) mass is 268 g/mol. The highest BCUT2D eigenvalue weighted by molar-refractivity contribution is 7.99. The Kier molecular flexibility index (Phi) is 4.60. The minimum Gasteiger partial charge on any atom is -0.544 e. The lowest BCUT2D eigenvalue weighted by atomic mass is 10.4. The molecule has 94 valence electrons. The summed E-state index contributed by atoms with van der Waals surface area (Å²) in [7, 11) is -3.59. The molecule has 1 aliphatic heterocycles. The molecule has 1 heterocycles. The molecule has 1 aliphatic rings. The number of carbonyl (C=O) groups excluding carboxylic acids is 1. The number of nitrogens with one attached hydrogen (secondary N) is 1. The Morgan fingerprint density at radius 1 is 1.50 bits per heavy atom. The Labute approximate surface area is 99.8 Å². The van der Waals surface area contributed by atoms with Crippen LogP contribution >= 0.6 is 11.8 Å². The van der Waals surface area contributed by atoms with Crippen LogP contribution < -0.4 is 9.41 Å². The first-order valence-corrected chi connectivity index (χ1v) is 7.69. The van der Waals surface area contributed by atoms with E-state index in [0.29, 0.717) is 13.1 Å². The maximum atomic E-state index is 12.1. The molecule has 1 saturated heterocycles. The third-order valence-corrected chi connectivity index (χ3v) is 6.13. The van der Waals surface area contributed by atoms with Gasteiger partial charge in [0.2, 0.25) is 0 Å². The summed E-state index contributed by atoms with van der Waals surface area (Å²) < 4.78 is 25.6. The zero-order valence-electron chi connectivity index (χ0n) is 9.30. The number of thioether (sulfide) groups is 1. The number of carbonyl (C=O) groups is 1. The largest absolute Gasteiger partial charge is 0.544 e. The number of carboxylic acid groups (broad SMARTS) is 1. The molecule has 0 aromatic carbocycles. The van der Waals surface area contributed by atoms with Gasteiger partial charge in [-0.25, -0.2) is 0 Å². The summed E-state index contributed by atoms with van der Waals surface area (Å²) in [6, 6.07) is -0.962. The molecule has 2 atom stereocenters. The van der Waals surface area contributed by atoms with Gasteiger partial charge in [0.1, 0.15) is 11.8 Å². The van der Waals surface area contributed by atoms with Gasteiger partial charge in [-0.05, 0) is 0 Å². The predicted octanol–water partition coefficient (Wildman–Crippen LogP) is -2.72. The molecule has 0 aromatic heterocycles. The van der Waals surface area contributed by atoms with Gasteiger partial charge < -0.3 is 9.90 Å². The third kappa shape index (κ3) is 2.50. The molecule has 0 spiro atoms. The second kappa shape index (κ2) is 5.35. The Bertz CT molecular complexity index is 353. The van der Waals surface area contributed by atoms with Crippen molar-refractivity contribution in [2.75, 3.05) is 24.7 Å². The van der Waals surface area contributed by atoms with Crippen LogP contribution in [0.3, 0.4) is 0 Å². The SMILES string of the molecule is CCN(CC)S(=O)(=O)[NH+]1CSC[C@H]1C(=O)[O-]. The number of quaternary nitrogens is 1. The fourth-order valence-electron chi connectivity index (χ4n) is 1.65. The van der Waals surface area contributed by atoms with E-state index in [-0.39, 0.29) is 15.9 Å². The average Bonchev–Trinajstić information content (AvgIpc) is 2.67. The lowest BCUT2D eigenvalue weighted by molar-refractivity contribution is -0.769. The minimum absolute atomic E-state index is 0.0844. The van der Waals surface area contributed by atoms with E-state index in [9.17, 15) is 18.3 Å². The van der Waals surface area contributed by atoms with Crippen LogP contribution in [0.1, 0.15) is 13.8 Å². The van der Waals surface area contributed by atoms with Crippen molar-refractivity contribution in [2.24, 2.45) is 0 Å². The van der Waals surface area contributed by atoms with Crippen molar-refractivity contribution in [1.29, 1.82) is 0 Å². The molecule has 0 radical (unpaired) electrons. The number of hydrogen-bond acceptors (Lipinski definition) is 5. The molecule has 1 N–H and O–H groups in total. The van der Waals surface area contributed by atoms with E-state index in [4.69, 9.17) is 0 Å². The Morgan fingerprint density at radius 3 is 2.50 bits per heavy atom. The third-order valence-electron chi connectivity index (χ3n) is 2.58. The van der Waals surface area contributed by atoms with Crippen molar-refractivity contribution >= 4 is 27.9 Å². The highest BCUT2D eigenvalue weighted by Crippen LogP contribution is 2.07. The quantitative estimate of drug-likeness (QED) is 0.586. The van der Waals surface area contributed by atoms with Crippen molar-refractivity contribution in [3.05, 3.63) is 0 Å². The molecule has 1 unspecified atom stereocenters. The van der Waals surface area contributed by atoms with E-state index >= 15 is 0 Å². The Balaban J connectivity index is 2.94. The highest BCUT2D eigenvalue weighted by Gasteiger charge is 2.42. The van der Waals surface area contributed by atoms with Gasteiger partial charge in [-0.3, -0.25) is 0 Å². The van der Waals surface area contributed by atoms with Crippen LogP contribution in [0.5, 0.6) is 0 Å². The Morgan fingerprint density at radius 2 is 2.06 bits per heavy atom. The predicted molar refractivity (Wildman–Crippen MR) is 58.9 cm³/mol. The normalized spacial score (nSPS) is 26.2.